The molecule has 0 spiro atoms. The van der Waals surface area contributed by atoms with Crippen molar-refractivity contribution >= 4 is 17.7 Å². The van der Waals surface area contributed by atoms with Crippen LogP contribution in [0.15, 0.2) is 24.3 Å². The number of likely N-dealkylation sites (tertiary alicyclic amines) is 2. The highest BCUT2D eigenvalue weighted by Crippen LogP contribution is 2.24. The number of nitrogens with zero attached hydrogens (tertiary/aromatic N) is 2. The van der Waals surface area contributed by atoms with Crippen LogP contribution in [0.1, 0.15) is 48.0 Å². The minimum atomic E-state index is -0.453. The summed E-state index contributed by atoms with van der Waals surface area (Å²) in [6, 6.07) is 7.05. The summed E-state index contributed by atoms with van der Waals surface area (Å²) in [7, 11) is 0. The summed E-state index contributed by atoms with van der Waals surface area (Å²) in [5.41, 5.74) is 1.63. The van der Waals surface area contributed by atoms with E-state index in [0.717, 1.165) is 57.4 Å². The highest BCUT2D eigenvalue weighted by molar-refractivity contribution is 6.00. The summed E-state index contributed by atoms with van der Waals surface area (Å²) in [6.07, 6.45) is 5.24. The maximum Gasteiger partial charge on any atom is 0.252 e. The van der Waals surface area contributed by atoms with Crippen molar-refractivity contribution in [2.45, 2.75) is 44.6 Å². The van der Waals surface area contributed by atoms with Crippen LogP contribution in [0, 0.1) is 5.92 Å². The minimum Gasteiger partial charge on any atom is -0.343 e. The van der Waals surface area contributed by atoms with Gasteiger partial charge in [0.25, 0.3) is 5.91 Å². The zero-order valence-electron chi connectivity index (χ0n) is 15.7. The van der Waals surface area contributed by atoms with Crippen molar-refractivity contribution in [1.82, 2.24) is 15.1 Å². The van der Waals surface area contributed by atoms with Crippen molar-refractivity contribution in [3.05, 3.63) is 35.4 Å². The molecular weight excluding hydrogens is 342 g/mol. The molecule has 4 rings (SSSR count). The number of carbonyl (C=O) groups is 3. The lowest BCUT2D eigenvalue weighted by Gasteiger charge is -2.36. The Morgan fingerprint density at radius 2 is 1.89 bits per heavy atom. The number of carbonyl (C=O) groups excluding carboxylic acids is 3. The lowest BCUT2D eigenvalue weighted by atomic mass is 9.91. The number of hydrogen-bond acceptors (Lipinski definition) is 3. The predicted octanol–water partition coefficient (Wildman–Crippen LogP) is 1.59. The van der Waals surface area contributed by atoms with Gasteiger partial charge in [0.2, 0.25) is 11.8 Å². The first-order valence-corrected chi connectivity index (χ1v) is 10.1. The van der Waals surface area contributed by atoms with Gasteiger partial charge in [0.15, 0.2) is 0 Å². The molecule has 27 heavy (non-hydrogen) atoms. The number of hydrogen-bond donors (Lipinski definition) is 1. The van der Waals surface area contributed by atoms with E-state index in [4.69, 9.17) is 0 Å². The molecule has 2 saturated heterocycles. The van der Waals surface area contributed by atoms with Gasteiger partial charge in [0, 0.05) is 44.6 Å². The van der Waals surface area contributed by atoms with Crippen LogP contribution in [0.5, 0.6) is 0 Å². The molecule has 0 unspecified atom stereocenters. The molecule has 0 radical (unpaired) electrons. The number of fused-ring (bicyclic) bond motifs is 1. The molecule has 6 nitrogen and oxygen atoms in total. The molecule has 3 aliphatic heterocycles. The predicted molar refractivity (Wildman–Crippen MR) is 101 cm³/mol. The van der Waals surface area contributed by atoms with E-state index >= 15 is 0 Å². The SMILES string of the molecule is O=C1N[C@H](C(=O)N2CCC(CCN3CCCC3=O)CC2)Cc2ccccc21. The van der Waals surface area contributed by atoms with E-state index in [1.807, 2.05) is 34.1 Å². The van der Waals surface area contributed by atoms with Gasteiger partial charge in [-0.1, -0.05) is 18.2 Å². The summed E-state index contributed by atoms with van der Waals surface area (Å²) in [4.78, 5) is 40.7. The zero-order chi connectivity index (χ0) is 18.8. The molecule has 0 bridgehead atoms. The molecule has 2 fully saturated rings. The van der Waals surface area contributed by atoms with Crippen LogP contribution in [0.4, 0.5) is 0 Å². The Kier molecular flexibility index (Phi) is 5.14. The summed E-state index contributed by atoms with van der Waals surface area (Å²) >= 11 is 0. The molecule has 1 atom stereocenters. The van der Waals surface area contributed by atoms with Crippen molar-refractivity contribution in [3.63, 3.8) is 0 Å². The van der Waals surface area contributed by atoms with E-state index in [9.17, 15) is 14.4 Å². The van der Waals surface area contributed by atoms with Crippen molar-refractivity contribution in [2.75, 3.05) is 26.2 Å². The van der Waals surface area contributed by atoms with Crippen LogP contribution >= 0.6 is 0 Å². The molecule has 3 heterocycles. The van der Waals surface area contributed by atoms with Gasteiger partial charge in [-0.25, -0.2) is 0 Å². The Morgan fingerprint density at radius 3 is 2.63 bits per heavy atom. The van der Waals surface area contributed by atoms with E-state index in [0.29, 0.717) is 24.3 Å². The van der Waals surface area contributed by atoms with Crippen LogP contribution < -0.4 is 5.32 Å². The summed E-state index contributed by atoms with van der Waals surface area (Å²) < 4.78 is 0. The van der Waals surface area contributed by atoms with Gasteiger partial charge in [0.05, 0.1) is 0 Å². The Morgan fingerprint density at radius 1 is 1.11 bits per heavy atom. The zero-order valence-corrected chi connectivity index (χ0v) is 15.7. The van der Waals surface area contributed by atoms with Crippen LogP contribution in [0.2, 0.25) is 0 Å². The standard InChI is InChI=1S/C21H27N3O3/c25-19-6-3-10-23(19)11-7-15-8-12-24(13-9-15)21(27)18-14-16-4-1-2-5-17(16)20(26)22-18/h1-2,4-5,15,18H,3,6-14H2,(H,22,26)/t18-/m0/s1. The second kappa shape index (κ2) is 7.71. The first-order chi connectivity index (χ1) is 13.1. The fraction of sp³-hybridized carbons (Fsp3) is 0.571. The Bertz CT molecular complexity index is 740. The third-order valence-electron chi connectivity index (χ3n) is 6.19. The van der Waals surface area contributed by atoms with E-state index in [2.05, 4.69) is 5.32 Å². The van der Waals surface area contributed by atoms with Gasteiger partial charge in [-0.05, 0) is 43.2 Å². The lowest BCUT2D eigenvalue weighted by Crippen LogP contribution is -2.53. The van der Waals surface area contributed by atoms with Gasteiger partial charge >= 0.3 is 0 Å². The second-order valence-corrected chi connectivity index (χ2v) is 7.93. The molecule has 6 heteroatoms. The fourth-order valence-corrected chi connectivity index (χ4v) is 4.52. The quantitative estimate of drug-likeness (QED) is 0.876. The van der Waals surface area contributed by atoms with Gasteiger partial charge in [-0.3, -0.25) is 14.4 Å². The summed E-state index contributed by atoms with van der Waals surface area (Å²) in [5.74, 6) is 0.742. The second-order valence-electron chi connectivity index (χ2n) is 7.93. The van der Waals surface area contributed by atoms with E-state index in [-0.39, 0.29) is 17.7 Å². The maximum atomic E-state index is 12.9. The average molecular weight is 369 g/mol. The van der Waals surface area contributed by atoms with Gasteiger partial charge < -0.3 is 15.1 Å². The molecular formula is C21H27N3O3. The van der Waals surface area contributed by atoms with Crippen LogP contribution in [-0.2, 0) is 16.0 Å². The van der Waals surface area contributed by atoms with Crippen molar-refractivity contribution in [3.8, 4) is 0 Å². The molecule has 0 saturated carbocycles. The van der Waals surface area contributed by atoms with Crippen LogP contribution in [0.25, 0.3) is 0 Å². The molecule has 0 aromatic heterocycles. The van der Waals surface area contributed by atoms with Crippen LogP contribution in [0.3, 0.4) is 0 Å². The highest BCUT2D eigenvalue weighted by Gasteiger charge is 2.33. The number of rotatable bonds is 4. The summed E-state index contributed by atoms with van der Waals surface area (Å²) in [6.45, 7) is 3.24. The topological polar surface area (TPSA) is 69.7 Å². The van der Waals surface area contributed by atoms with Crippen LogP contribution in [-0.4, -0.2) is 59.7 Å². The largest absolute Gasteiger partial charge is 0.343 e. The monoisotopic (exact) mass is 369 g/mol. The van der Waals surface area contributed by atoms with Gasteiger partial charge in [-0.2, -0.15) is 0 Å². The van der Waals surface area contributed by atoms with E-state index in [1.165, 1.54) is 0 Å². The highest BCUT2D eigenvalue weighted by atomic mass is 16.2. The van der Waals surface area contributed by atoms with Gasteiger partial charge in [-0.15, -0.1) is 0 Å². The minimum absolute atomic E-state index is 0.0334. The van der Waals surface area contributed by atoms with Crippen molar-refractivity contribution < 1.29 is 14.4 Å². The van der Waals surface area contributed by atoms with E-state index in [1.54, 1.807) is 0 Å². The first kappa shape index (κ1) is 18.0. The van der Waals surface area contributed by atoms with E-state index < -0.39 is 6.04 Å². The summed E-state index contributed by atoms with van der Waals surface area (Å²) in [5, 5.41) is 2.87. The number of benzene rings is 1. The van der Waals surface area contributed by atoms with Gasteiger partial charge in [0.1, 0.15) is 6.04 Å². The third-order valence-corrected chi connectivity index (χ3v) is 6.19. The maximum absolute atomic E-state index is 12.9. The molecule has 1 aromatic rings. The normalized spacial score (nSPS) is 23.3. The number of piperidine rings is 1. The molecule has 1 aromatic carbocycles. The van der Waals surface area contributed by atoms with Crippen molar-refractivity contribution in [1.29, 1.82) is 0 Å². The smallest absolute Gasteiger partial charge is 0.252 e. The number of amides is 3. The molecule has 3 aliphatic rings. The average Bonchev–Trinajstić information content (AvgIpc) is 3.11. The first-order valence-electron chi connectivity index (χ1n) is 10.1. The third kappa shape index (κ3) is 3.84. The molecule has 1 N–H and O–H groups in total. The molecule has 3 amide bonds. The Hall–Kier alpha value is -2.37. The Balaban J connectivity index is 1.28. The molecule has 144 valence electrons. The number of nitrogens with one attached hydrogen (secondary N) is 1. The van der Waals surface area contributed by atoms with Crippen molar-refractivity contribution in [2.24, 2.45) is 5.92 Å². The fourth-order valence-electron chi connectivity index (χ4n) is 4.52. The lowest BCUT2D eigenvalue weighted by molar-refractivity contribution is -0.134. The Labute approximate surface area is 159 Å². The molecule has 0 aliphatic carbocycles.